The van der Waals surface area contributed by atoms with Crippen molar-refractivity contribution >= 4 is 34.8 Å². The fourth-order valence-corrected chi connectivity index (χ4v) is 5.09. The third kappa shape index (κ3) is 4.60. The zero-order chi connectivity index (χ0) is 22.6. The maximum Gasteiger partial charge on any atom is 0.174 e. The van der Waals surface area contributed by atoms with E-state index in [9.17, 15) is 0 Å². The molecule has 0 radical (unpaired) electrons. The lowest BCUT2D eigenvalue weighted by Gasteiger charge is -2.26. The molecule has 1 N–H and O–H groups in total. The minimum absolute atomic E-state index is 0.147. The van der Waals surface area contributed by atoms with Gasteiger partial charge < -0.3 is 19.4 Å². The SMILES string of the molecule is CCOc1ccc(N2C(=S)NC(c3ccccn3)C2c2ccc(Sc3ccccc3)o2)cc1. The lowest BCUT2D eigenvalue weighted by atomic mass is 10.0. The van der Waals surface area contributed by atoms with Crippen LogP contribution in [0.15, 0.2) is 106 Å². The summed E-state index contributed by atoms with van der Waals surface area (Å²) >= 11 is 7.38. The first-order chi connectivity index (χ1) is 16.2. The fourth-order valence-electron chi connectivity index (χ4n) is 3.94. The Balaban J connectivity index is 1.51. The maximum atomic E-state index is 6.35. The Hall–Kier alpha value is -3.29. The summed E-state index contributed by atoms with van der Waals surface area (Å²) in [5.41, 5.74) is 1.87. The second kappa shape index (κ2) is 9.68. The third-order valence-corrected chi connectivity index (χ3v) is 6.62. The molecule has 0 aliphatic carbocycles. The minimum Gasteiger partial charge on any atom is -0.494 e. The number of nitrogens with zero attached hydrogens (tertiary/aromatic N) is 2. The summed E-state index contributed by atoms with van der Waals surface area (Å²) in [5, 5.41) is 4.93. The zero-order valence-corrected chi connectivity index (χ0v) is 19.7. The van der Waals surface area contributed by atoms with E-state index < -0.39 is 0 Å². The van der Waals surface area contributed by atoms with Crippen LogP contribution in [0.2, 0.25) is 0 Å². The predicted octanol–water partition coefficient (Wildman–Crippen LogP) is 6.40. The van der Waals surface area contributed by atoms with Crippen LogP contribution in [0.4, 0.5) is 5.69 Å². The first kappa shape index (κ1) is 21.6. The van der Waals surface area contributed by atoms with Crippen LogP contribution in [0.25, 0.3) is 0 Å². The van der Waals surface area contributed by atoms with Gasteiger partial charge >= 0.3 is 0 Å². The largest absolute Gasteiger partial charge is 0.494 e. The van der Waals surface area contributed by atoms with Crippen molar-refractivity contribution in [2.75, 3.05) is 11.5 Å². The minimum atomic E-state index is -0.185. The van der Waals surface area contributed by atoms with Crippen molar-refractivity contribution in [2.45, 2.75) is 29.0 Å². The van der Waals surface area contributed by atoms with Crippen LogP contribution in [0, 0.1) is 0 Å². The van der Waals surface area contributed by atoms with E-state index in [4.69, 9.17) is 21.4 Å². The molecule has 0 saturated carbocycles. The molecular weight excluding hydrogens is 450 g/mol. The number of aromatic nitrogens is 1. The second-order valence-corrected chi connectivity index (χ2v) is 8.96. The van der Waals surface area contributed by atoms with Crippen molar-refractivity contribution in [3.63, 3.8) is 0 Å². The Labute approximate surface area is 202 Å². The van der Waals surface area contributed by atoms with Crippen molar-refractivity contribution in [1.29, 1.82) is 0 Å². The van der Waals surface area contributed by atoms with Gasteiger partial charge in [-0.3, -0.25) is 4.98 Å². The Morgan fingerprint density at radius 3 is 2.52 bits per heavy atom. The third-order valence-electron chi connectivity index (χ3n) is 5.38. The monoisotopic (exact) mass is 473 g/mol. The van der Waals surface area contributed by atoms with E-state index in [1.54, 1.807) is 18.0 Å². The molecule has 2 aromatic carbocycles. The van der Waals surface area contributed by atoms with Crippen molar-refractivity contribution in [2.24, 2.45) is 0 Å². The van der Waals surface area contributed by atoms with Gasteiger partial charge in [0.15, 0.2) is 10.2 Å². The molecule has 5 rings (SSSR count). The van der Waals surface area contributed by atoms with Gasteiger partial charge in [0.05, 0.1) is 18.3 Å². The number of hydrogen-bond donors (Lipinski definition) is 1. The van der Waals surface area contributed by atoms with Gasteiger partial charge in [-0.2, -0.15) is 0 Å². The van der Waals surface area contributed by atoms with Gasteiger partial charge in [0.2, 0.25) is 0 Å². The number of rotatable bonds is 7. The summed E-state index contributed by atoms with van der Waals surface area (Å²) in [6, 6.07) is 27.8. The quantitative estimate of drug-likeness (QED) is 0.312. The number of thiocarbonyl (C=S) groups is 1. The summed E-state index contributed by atoms with van der Waals surface area (Å²) in [7, 11) is 0. The molecule has 33 heavy (non-hydrogen) atoms. The van der Waals surface area contributed by atoms with Gasteiger partial charge in [0.25, 0.3) is 0 Å². The molecule has 5 nitrogen and oxygen atoms in total. The summed E-state index contributed by atoms with van der Waals surface area (Å²) in [5.74, 6) is 1.65. The molecule has 1 fully saturated rings. The molecule has 2 aromatic heterocycles. The molecule has 0 bridgehead atoms. The fraction of sp³-hybridized carbons (Fsp3) is 0.154. The highest BCUT2D eigenvalue weighted by Gasteiger charge is 2.42. The number of furan rings is 1. The highest BCUT2D eigenvalue weighted by Crippen LogP contribution is 2.43. The average molecular weight is 474 g/mol. The standard InChI is InChI=1S/C26H23N3O2S2/c1-2-30-19-13-11-18(12-14-19)29-25(24(28-26(29)32)21-10-6-7-17-27-21)22-15-16-23(31-22)33-20-8-4-3-5-9-20/h3-17,24-25H,2H2,1H3,(H,28,32). The highest BCUT2D eigenvalue weighted by atomic mass is 32.2. The molecule has 0 spiro atoms. The number of pyridine rings is 1. The van der Waals surface area contributed by atoms with Gasteiger partial charge in [-0.15, -0.1) is 0 Å². The van der Waals surface area contributed by atoms with Crippen molar-refractivity contribution in [3.8, 4) is 5.75 Å². The predicted molar refractivity (Wildman–Crippen MR) is 135 cm³/mol. The number of anilines is 1. The Morgan fingerprint density at radius 2 is 1.79 bits per heavy atom. The number of ether oxygens (including phenoxy) is 1. The summed E-state index contributed by atoms with van der Waals surface area (Å²) in [6.45, 7) is 2.60. The van der Waals surface area contributed by atoms with Gasteiger partial charge in [-0.1, -0.05) is 36.0 Å². The first-order valence-corrected chi connectivity index (χ1v) is 12.0. The molecule has 1 aliphatic heterocycles. The van der Waals surface area contributed by atoms with E-state index in [0.717, 1.165) is 32.9 Å². The molecular formula is C26H23N3O2S2. The Morgan fingerprint density at radius 1 is 1.00 bits per heavy atom. The molecule has 0 amide bonds. The summed E-state index contributed by atoms with van der Waals surface area (Å²) in [6.07, 6.45) is 1.80. The van der Waals surface area contributed by atoms with E-state index in [-0.39, 0.29) is 12.1 Å². The molecule has 166 valence electrons. The number of nitrogens with one attached hydrogen (secondary N) is 1. The van der Waals surface area contributed by atoms with Crippen LogP contribution in [-0.2, 0) is 0 Å². The van der Waals surface area contributed by atoms with Crippen molar-refractivity contribution in [3.05, 3.63) is 103 Å². The van der Waals surface area contributed by atoms with Gasteiger partial charge in [-0.25, -0.2) is 0 Å². The lowest BCUT2D eigenvalue weighted by Crippen LogP contribution is -2.29. The second-order valence-electron chi connectivity index (χ2n) is 7.50. The Bertz CT molecular complexity index is 1210. The van der Waals surface area contributed by atoms with Crippen LogP contribution >= 0.6 is 24.0 Å². The van der Waals surface area contributed by atoms with E-state index in [1.165, 1.54) is 0 Å². The maximum absolute atomic E-state index is 6.35. The van der Waals surface area contributed by atoms with Crippen LogP contribution in [0.3, 0.4) is 0 Å². The first-order valence-electron chi connectivity index (χ1n) is 10.8. The highest BCUT2D eigenvalue weighted by molar-refractivity contribution is 7.99. The molecule has 1 aliphatic rings. The average Bonchev–Trinajstić information content (AvgIpc) is 3.45. The normalized spacial score (nSPS) is 17.7. The van der Waals surface area contributed by atoms with Crippen LogP contribution < -0.4 is 15.0 Å². The molecule has 1 saturated heterocycles. The van der Waals surface area contributed by atoms with Crippen LogP contribution in [0.5, 0.6) is 5.75 Å². The molecule has 4 aromatic rings. The van der Waals surface area contributed by atoms with Crippen LogP contribution in [-0.4, -0.2) is 16.7 Å². The molecule has 2 unspecified atom stereocenters. The van der Waals surface area contributed by atoms with E-state index >= 15 is 0 Å². The van der Waals surface area contributed by atoms with Crippen molar-refractivity contribution < 1.29 is 9.15 Å². The lowest BCUT2D eigenvalue weighted by molar-refractivity contribution is 0.340. The van der Waals surface area contributed by atoms with Gasteiger partial charge in [0, 0.05) is 16.8 Å². The van der Waals surface area contributed by atoms with E-state index in [2.05, 4.69) is 27.3 Å². The number of hydrogen-bond acceptors (Lipinski definition) is 5. The topological polar surface area (TPSA) is 50.5 Å². The summed E-state index contributed by atoms with van der Waals surface area (Å²) in [4.78, 5) is 7.82. The van der Waals surface area contributed by atoms with Crippen LogP contribution in [0.1, 0.15) is 30.5 Å². The van der Waals surface area contributed by atoms with E-state index in [1.807, 2.05) is 79.7 Å². The van der Waals surface area contributed by atoms with Gasteiger partial charge in [0.1, 0.15) is 17.6 Å². The molecule has 3 heterocycles. The Kier molecular flexibility index (Phi) is 6.32. The van der Waals surface area contributed by atoms with Gasteiger partial charge in [-0.05, 0) is 79.8 Å². The van der Waals surface area contributed by atoms with E-state index in [0.29, 0.717) is 11.7 Å². The zero-order valence-electron chi connectivity index (χ0n) is 18.0. The smallest absolute Gasteiger partial charge is 0.174 e. The molecule has 2 atom stereocenters. The summed E-state index contributed by atoms with van der Waals surface area (Å²) < 4.78 is 12.0. The molecule has 7 heteroatoms. The number of benzene rings is 2. The van der Waals surface area contributed by atoms with Crippen molar-refractivity contribution in [1.82, 2.24) is 10.3 Å².